The Morgan fingerprint density at radius 2 is 1.31 bits per heavy atom. The third-order valence-electron chi connectivity index (χ3n) is 9.51. The van der Waals surface area contributed by atoms with Gasteiger partial charge in [-0.3, -0.25) is 19.2 Å². The minimum Gasteiger partial charge on any atom is -0.496 e. The molecule has 5 aromatic carbocycles. The number of carbonyl (C=O) groups excluding carboxylic acids is 5. The van der Waals surface area contributed by atoms with E-state index in [0.717, 1.165) is 5.56 Å². The van der Waals surface area contributed by atoms with E-state index in [4.69, 9.17) is 37.4 Å². The first-order valence-corrected chi connectivity index (χ1v) is 19.6. The maximum Gasteiger partial charge on any atom is 0.347 e. The topological polar surface area (TPSA) is 125 Å². The van der Waals surface area contributed by atoms with E-state index >= 15 is 0 Å². The van der Waals surface area contributed by atoms with E-state index in [1.807, 2.05) is 6.92 Å². The maximum absolute atomic E-state index is 14.0. The first-order chi connectivity index (χ1) is 27.6. The van der Waals surface area contributed by atoms with Gasteiger partial charge in [0.1, 0.15) is 28.6 Å². The number of anilines is 2. The van der Waals surface area contributed by atoms with Gasteiger partial charge in [0.05, 0.1) is 34.0 Å². The SMILES string of the molecule is COc1ccccc1C(=O)Oc1c(C(=O)C(C)C)cccc1-c1ccc(CC(=O)C(C)Cc2ccc(OC(C)=O)c(C(=O)C(C)C)c2)c(Nc2c(Cl)cccc2Cl)c1. The summed E-state index contributed by atoms with van der Waals surface area (Å²) in [7, 11) is 1.46. The lowest BCUT2D eigenvalue weighted by Gasteiger charge is -2.20. The quantitative estimate of drug-likeness (QED) is 0.0588. The molecule has 5 aromatic rings. The van der Waals surface area contributed by atoms with Crippen molar-refractivity contribution in [2.45, 2.75) is 54.4 Å². The molecule has 0 aliphatic carbocycles. The van der Waals surface area contributed by atoms with E-state index in [1.165, 1.54) is 14.0 Å². The molecule has 0 amide bonds. The largest absolute Gasteiger partial charge is 0.496 e. The second-order valence-corrected chi connectivity index (χ2v) is 15.4. The number of esters is 2. The Kier molecular flexibility index (Phi) is 14.3. The van der Waals surface area contributed by atoms with Crippen molar-refractivity contribution in [2.24, 2.45) is 17.8 Å². The summed E-state index contributed by atoms with van der Waals surface area (Å²) in [5, 5.41) is 4.04. The van der Waals surface area contributed by atoms with Crippen LogP contribution in [0.25, 0.3) is 11.1 Å². The Balaban J connectivity index is 1.55. The number of halogens is 2. The van der Waals surface area contributed by atoms with Gasteiger partial charge < -0.3 is 19.5 Å². The number of rotatable bonds is 16. The number of nitrogens with one attached hydrogen (secondary N) is 1. The molecule has 0 spiro atoms. The highest BCUT2D eigenvalue weighted by Gasteiger charge is 2.26. The molecule has 0 aromatic heterocycles. The standard InChI is InChI=1S/C47H45Cl2NO8/c1-26(2)44(53)35-14-10-13-33(46(35)58-47(55)34-12-8-9-17-41(34)56-7)31-19-20-32(39(24-31)50-43-37(48)15-11-16-38(43)49)25-40(52)28(5)22-30-18-21-42(57-29(6)51)36(23-30)45(54)27(3)4/h8-21,23-24,26-28,50H,22,25H2,1-7H3. The van der Waals surface area contributed by atoms with Crippen LogP contribution < -0.4 is 19.5 Å². The molecule has 1 atom stereocenters. The number of Topliss-reactive ketones (excluding diaryl/α,β-unsaturated/α-hetero) is 3. The van der Waals surface area contributed by atoms with Gasteiger partial charge in [-0.1, -0.05) is 106 Å². The van der Waals surface area contributed by atoms with Crippen LogP contribution >= 0.6 is 23.2 Å². The van der Waals surface area contributed by atoms with Gasteiger partial charge in [0.25, 0.3) is 0 Å². The summed E-state index contributed by atoms with van der Waals surface area (Å²) in [6.07, 6.45) is 0.336. The van der Waals surface area contributed by atoms with Gasteiger partial charge in [-0.15, -0.1) is 0 Å². The third kappa shape index (κ3) is 10.2. The number of methoxy groups -OCH3 is 1. The van der Waals surface area contributed by atoms with Gasteiger partial charge in [0.2, 0.25) is 0 Å². The fourth-order valence-electron chi connectivity index (χ4n) is 6.39. The fourth-order valence-corrected chi connectivity index (χ4v) is 6.88. The monoisotopic (exact) mass is 821 g/mol. The molecule has 0 radical (unpaired) electrons. The van der Waals surface area contributed by atoms with Crippen molar-refractivity contribution in [1.29, 1.82) is 0 Å². The summed E-state index contributed by atoms with van der Waals surface area (Å²) in [5.74, 6) is -2.36. The number of hydrogen-bond donors (Lipinski definition) is 1. The number of hydrogen-bond acceptors (Lipinski definition) is 9. The van der Waals surface area contributed by atoms with Crippen LogP contribution in [0.1, 0.15) is 83.7 Å². The van der Waals surface area contributed by atoms with E-state index < -0.39 is 23.8 Å². The van der Waals surface area contributed by atoms with Gasteiger partial charge in [0, 0.05) is 42.3 Å². The number of benzene rings is 5. The van der Waals surface area contributed by atoms with Crippen LogP contribution in [-0.4, -0.2) is 36.4 Å². The number of ketones is 3. The molecular weight excluding hydrogens is 777 g/mol. The minimum atomic E-state index is -0.707. The number of carbonyl (C=O) groups is 5. The van der Waals surface area contributed by atoms with Gasteiger partial charge in [-0.05, 0) is 71.6 Å². The van der Waals surface area contributed by atoms with Crippen LogP contribution in [0.4, 0.5) is 11.4 Å². The fraction of sp³-hybridized carbons (Fsp3) is 0.255. The Hall–Kier alpha value is -5.77. The Bertz CT molecular complexity index is 2360. The average molecular weight is 823 g/mol. The first-order valence-electron chi connectivity index (χ1n) is 18.8. The molecule has 0 saturated heterocycles. The van der Waals surface area contributed by atoms with Crippen molar-refractivity contribution < 1.29 is 38.2 Å². The lowest BCUT2D eigenvalue weighted by molar-refractivity contribution is -0.131. The van der Waals surface area contributed by atoms with Crippen LogP contribution in [0, 0.1) is 17.8 Å². The van der Waals surface area contributed by atoms with Crippen molar-refractivity contribution in [3.63, 3.8) is 0 Å². The minimum absolute atomic E-state index is 0.0106. The van der Waals surface area contributed by atoms with Crippen molar-refractivity contribution >= 4 is 63.9 Å². The smallest absolute Gasteiger partial charge is 0.347 e. The summed E-state index contributed by atoms with van der Waals surface area (Å²) in [6.45, 7) is 10.2. The molecule has 9 nitrogen and oxygen atoms in total. The molecule has 300 valence electrons. The van der Waals surface area contributed by atoms with Crippen molar-refractivity contribution in [3.05, 3.63) is 135 Å². The van der Waals surface area contributed by atoms with Gasteiger partial charge >= 0.3 is 11.9 Å². The zero-order valence-corrected chi connectivity index (χ0v) is 34.9. The van der Waals surface area contributed by atoms with Crippen LogP contribution in [0.15, 0.2) is 97.1 Å². The second kappa shape index (κ2) is 19.1. The highest BCUT2D eigenvalue weighted by atomic mass is 35.5. The second-order valence-electron chi connectivity index (χ2n) is 14.6. The van der Waals surface area contributed by atoms with Crippen molar-refractivity contribution in [2.75, 3.05) is 12.4 Å². The molecule has 0 aliphatic heterocycles. The van der Waals surface area contributed by atoms with E-state index in [-0.39, 0.29) is 57.9 Å². The molecule has 0 saturated carbocycles. The Labute approximate surface area is 348 Å². The zero-order valence-electron chi connectivity index (χ0n) is 33.4. The normalized spacial score (nSPS) is 11.6. The lowest BCUT2D eigenvalue weighted by atomic mass is 9.89. The molecule has 0 aliphatic rings. The van der Waals surface area contributed by atoms with Gasteiger partial charge in [-0.2, -0.15) is 0 Å². The lowest BCUT2D eigenvalue weighted by Crippen LogP contribution is -2.18. The Morgan fingerprint density at radius 1 is 0.672 bits per heavy atom. The molecular formula is C47H45Cl2NO8. The Morgan fingerprint density at radius 3 is 1.97 bits per heavy atom. The summed E-state index contributed by atoms with van der Waals surface area (Å²) in [6, 6.07) is 27.3. The van der Waals surface area contributed by atoms with E-state index in [2.05, 4.69) is 5.32 Å². The summed E-state index contributed by atoms with van der Waals surface area (Å²) in [4.78, 5) is 66.0. The predicted octanol–water partition coefficient (Wildman–Crippen LogP) is 11.2. The third-order valence-corrected chi connectivity index (χ3v) is 10.1. The average Bonchev–Trinajstić information content (AvgIpc) is 3.19. The summed E-state index contributed by atoms with van der Waals surface area (Å²) < 4.78 is 16.8. The molecule has 1 unspecified atom stereocenters. The highest BCUT2D eigenvalue weighted by molar-refractivity contribution is 6.39. The molecule has 58 heavy (non-hydrogen) atoms. The van der Waals surface area contributed by atoms with Gasteiger partial charge in [0.15, 0.2) is 11.6 Å². The highest BCUT2D eigenvalue weighted by Crippen LogP contribution is 2.40. The molecule has 11 heteroatoms. The van der Waals surface area contributed by atoms with E-state index in [0.29, 0.717) is 50.3 Å². The molecule has 0 bridgehead atoms. The van der Waals surface area contributed by atoms with Crippen LogP contribution in [0.5, 0.6) is 17.2 Å². The first kappa shape index (κ1) is 43.4. The summed E-state index contributed by atoms with van der Waals surface area (Å²) in [5.41, 5.74) is 4.02. The van der Waals surface area contributed by atoms with Crippen LogP contribution in [-0.2, 0) is 22.4 Å². The number of para-hydroxylation sites is 3. The van der Waals surface area contributed by atoms with Crippen molar-refractivity contribution in [1.82, 2.24) is 0 Å². The van der Waals surface area contributed by atoms with Crippen molar-refractivity contribution in [3.8, 4) is 28.4 Å². The maximum atomic E-state index is 14.0. The van der Waals surface area contributed by atoms with Crippen LogP contribution in [0.3, 0.4) is 0 Å². The van der Waals surface area contributed by atoms with E-state index in [9.17, 15) is 24.0 Å². The summed E-state index contributed by atoms with van der Waals surface area (Å²) >= 11 is 13.2. The number of ether oxygens (including phenoxy) is 3. The molecule has 0 heterocycles. The van der Waals surface area contributed by atoms with Gasteiger partial charge in [-0.25, -0.2) is 4.79 Å². The molecule has 1 N–H and O–H groups in total. The van der Waals surface area contributed by atoms with Crippen LogP contribution in [0.2, 0.25) is 10.0 Å². The zero-order chi connectivity index (χ0) is 42.3. The van der Waals surface area contributed by atoms with E-state index in [1.54, 1.807) is 125 Å². The molecule has 5 rings (SSSR count). The molecule has 0 fully saturated rings. The predicted molar refractivity (Wildman–Crippen MR) is 227 cm³/mol.